The van der Waals surface area contributed by atoms with Crippen LogP contribution in [0.4, 0.5) is 0 Å². The summed E-state index contributed by atoms with van der Waals surface area (Å²) in [4.78, 5) is 0.239. The molecule has 10 heteroatoms. The zero-order chi connectivity index (χ0) is 24.0. The van der Waals surface area contributed by atoms with E-state index >= 15 is 0 Å². The Morgan fingerprint density at radius 1 is 1.12 bits per heavy atom. The fraction of sp³-hybridized carbons (Fsp3) is 0.391. The largest absolute Gasteiger partial charge is 0.383 e. The van der Waals surface area contributed by atoms with Crippen molar-refractivity contribution in [1.82, 2.24) is 19.1 Å². The Balaban J connectivity index is 2.00. The Kier molecular flexibility index (Phi) is 8.95. The summed E-state index contributed by atoms with van der Waals surface area (Å²) in [7, 11) is -1.94. The van der Waals surface area contributed by atoms with Crippen molar-refractivity contribution in [2.75, 3.05) is 26.8 Å². The molecule has 0 spiro atoms. The van der Waals surface area contributed by atoms with Crippen LogP contribution < -0.4 is 0 Å². The van der Waals surface area contributed by atoms with E-state index in [2.05, 4.69) is 10.2 Å². The third kappa shape index (κ3) is 5.78. The van der Waals surface area contributed by atoms with Crippen LogP contribution in [0.2, 0.25) is 5.02 Å². The van der Waals surface area contributed by atoms with Crippen molar-refractivity contribution in [2.24, 2.45) is 0 Å². The molecule has 0 aliphatic carbocycles. The molecule has 1 aromatic heterocycles. The second-order valence-electron chi connectivity index (χ2n) is 7.48. The summed E-state index contributed by atoms with van der Waals surface area (Å²) in [5.74, 6) is 1.23. The van der Waals surface area contributed by atoms with Gasteiger partial charge in [-0.1, -0.05) is 67.5 Å². The molecule has 0 saturated carbocycles. The van der Waals surface area contributed by atoms with E-state index in [1.807, 2.05) is 55.7 Å². The number of halogens is 1. The minimum atomic E-state index is -3.59. The third-order valence-electron chi connectivity index (χ3n) is 5.26. The molecule has 0 amide bonds. The Labute approximate surface area is 205 Å². The molecule has 0 aliphatic heterocycles. The summed E-state index contributed by atoms with van der Waals surface area (Å²) in [5, 5.41) is 10.3. The monoisotopic (exact) mass is 508 g/mol. The van der Waals surface area contributed by atoms with Gasteiger partial charge in [0.15, 0.2) is 11.0 Å². The number of nitrogens with zero attached hydrogens (tertiary/aromatic N) is 4. The minimum absolute atomic E-state index is 0.0585. The average molecular weight is 509 g/mol. The molecule has 2 aromatic carbocycles. The molecule has 178 valence electrons. The smallest absolute Gasteiger partial charge is 0.243 e. The lowest BCUT2D eigenvalue weighted by Gasteiger charge is -2.20. The second kappa shape index (κ2) is 11.5. The summed E-state index contributed by atoms with van der Waals surface area (Å²) in [6, 6.07) is 14.5. The Hall–Kier alpha value is -1.91. The third-order valence-corrected chi connectivity index (χ3v) is 8.67. The molecule has 0 unspecified atom stereocenters. The molecular weight excluding hydrogens is 480 g/mol. The second-order valence-corrected chi connectivity index (χ2v) is 10.8. The molecule has 0 aliphatic rings. The standard InChI is InChI=1S/C23H29ClN4O3S2/c1-5-27(6-2)33(29,30)20-12-9-11-18(14-20)22-25-26-23(28(22)17(3)15-31-4)32-16-19-10-7-8-13-21(19)24/h7-14,17H,5-6,15-16H2,1-4H3/t17-/m0/s1. The van der Waals surface area contributed by atoms with Gasteiger partial charge in [0.2, 0.25) is 10.0 Å². The predicted molar refractivity (Wildman–Crippen MR) is 133 cm³/mol. The van der Waals surface area contributed by atoms with Gasteiger partial charge in [-0.2, -0.15) is 4.31 Å². The van der Waals surface area contributed by atoms with Crippen LogP contribution in [0.1, 0.15) is 32.4 Å². The molecule has 0 bridgehead atoms. The first-order chi connectivity index (χ1) is 15.8. The van der Waals surface area contributed by atoms with Crippen molar-refractivity contribution in [3.8, 4) is 11.4 Å². The number of aromatic nitrogens is 3. The van der Waals surface area contributed by atoms with Crippen LogP contribution in [-0.4, -0.2) is 54.3 Å². The Morgan fingerprint density at radius 3 is 2.52 bits per heavy atom. The van der Waals surface area contributed by atoms with Crippen LogP contribution in [0.5, 0.6) is 0 Å². The maximum atomic E-state index is 13.0. The molecule has 1 heterocycles. The maximum Gasteiger partial charge on any atom is 0.243 e. The van der Waals surface area contributed by atoms with Crippen molar-refractivity contribution >= 4 is 33.4 Å². The normalized spacial score (nSPS) is 12.9. The minimum Gasteiger partial charge on any atom is -0.383 e. The summed E-state index contributed by atoms with van der Waals surface area (Å²) < 4.78 is 34.9. The highest BCUT2D eigenvalue weighted by Crippen LogP contribution is 2.32. The highest BCUT2D eigenvalue weighted by atomic mass is 35.5. The van der Waals surface area contributed by atoms with Crippen LogP contribution in [0.15, 0.2) is 58.6 Å². The Bertz CT molecular complexity index is 1180. The van der Waals surface area contributed by atoms with Crippen molar-refractivity contribution in [2.45, 2.75) is 42.6 Å². The lowest BCUT2D eigenvalue weighted by atomic mass is 10.2. The molecule has 0 fully saturated rings. The topological polar surface area (TPSA) is 77.3 Å². The summed E-state index contributed by atoms with van der Waals surface area (Å²) in [6.07, 6.45) is 0. The van der Waals surface area contributed by atoms with E-state index in [0.29, 0.717) is 47.0 Å². The van der Waals surface area contributed by atoms with E-state index in [-0.39, 0.29) is 10.9 Å². The van der Waals surface area contributed by atoms with Gasteiger partial charge in [-0.25, -0.2) is 8.42 Å². The quantitative estimate of drug-likeness (QED) is 0.334. The van der Waals surface area contributed by atoms with Gasteiger partial charge >= 0.3 is 0 Å². The average Bonchev–Trinajstić information content (AvgIpc) is 3.23. The number of hydrogen-bond acceptors (Lipinski definition) is 6. The number of methoxy groups -OCH3 is 1. The summed E-state index contributed by atoms with van der Waals surface area (Å²) in [5.41, 5.74) is 1.69. The fourth-order valence-corrected chi connectivity index (χ4v) is 6.38. The first-order valence-corrected chi connectivity index (χ1v) is 13.5. The van der Waals surface area contributed by atoms with Crippen LogP contribution in [-0.2, 0) is 20.5 Å². The summed E-state index contributed by atoms with van der Waals surface area (Å²) >= 11 is 7.84. The van der Waals surface area contributed by atoms with Crippen molar-refractivity contribution in [3.05, 3.63) is 59.1 Å². The molecule has 3 rings (SSSR count). The van der Waals surface area contributed by atoms with E-state index in [9.17, 15) is 8.42 Å². The molecular formula is C23H29ClN4O3S2. The number of rotatable bonds is 11. The molecule has 33 heavy (non-hydrogen) atoms. The van der Waals surface area contributed by atoms with Gasteiger partial charge in [-0.15, -0.1) is 10.2 Å². The molecule has 0 saturated heterocycles. The van der Waals surface area contributed by atoms with Crippen molar-refractivity contribution in [1.29, 1.82) is 0 Å². The van der Waals surface area contributed by atoms with Gasteiger partial charge in [0.25, 0.3) is 0 Å². The molecule has 1 atom stereocenters. The van der Waals surface area contributed by atoms with E-state index in [1.165, 1.54) is 16.1 Å². The van der Waals surface area contributed by atoms with E-state index < -0.39 is 10.0 Å². The maximum absolute atomic E-state index is 13.0. The van der Waals surface area contributed by atoms with Crippen LogP contribution in [0, 0.1) is 0 Å². The number of thioether (sulfide) groups is 1. The Morgan fingerprint density at radius 2 is 1.85 bits per heavy atom. The van der Waals surface area contributed by atoms with Crippen molar-refractivity contribution < 1.29 is 13.2 Å². The van der Waals surface area contributed by atoms with Crippen LogP contribution in [0.3, 0.4) is 0 Å². The lowest BCUT2D eigenvalue weighted by Crippen LogP contribution is -2.30. The molecule has 0 radical (unpaired) electrons. The molecule has 0 N–H and O–H groups in total. The predicted octanol–water partition coefficient (Wildman–Crippen LogP) is 5.13. The van der Waals surface area contributed by atoms with E-state index in [1.54, 1.807) is 25.3 Å². The van der Waals surface area contributed by atoms with Crippen LogP contribution >= 0.6 is 23.4 Å². The highest BCUT2D eigenvalue weighted by molar-refractivity contribution is 7.98. The zero-order valence-electron chi connectivity index (χ0n) is 19.2. The van der Waals surface area contributed by atoms with Gasteiger partial charge in [-0.3, -0.25) is 4.57 Å². The van der Waals surface area contributed by atoms with E-state index in [4.69, 9.17) is 16.3 Å². The number of ether oxygens (including phenoxy) is 1. The van der Waals surface area contributed by atoms with Gasteiger partial charge in [0.1, 0.15) is 0 Å². The summed E-state index contributed by atoms with van der Waals surface area (Å²) in [6.45, 7) is 6.96. The highest BCUT2D eigenvalue weighted by Gasteiger charge is 2.24. The SMILES string of the molecule is CCN(CC)S(=O)(=O)c1cccc(-c2nnc(SCc3ccccc3Cl)n2[C@@H](C)COC)c1. The lowest BCUT2D eigenvalue weighted by molar-refractivity contribution is 0.159. The molecule has 7 nitrogen and oxygen atoms in total. The van der Waals surface area contributed by atoms with Gasteiger partial charge < -0.3 is 4.74 Å². The first kappa shape index (κ1) is 25.7. The van der Waals surface area contributed by atoms with Gasteiger partial charge in [-0.05, 0) is 30.7 Å². The van der Waals surface area contributed by atoms with Gasteiger partial charge in [0, 0.05) is 36.5 Å². The number of sulfonamides is 1. The number of hydrogen-bond donors (Lipinski definition) is 0. The zero-order valence-corrected chi connectivity index (χ0v) is 21.6. The van der Waals surface area contributed by atoms with Crippen LogP contribution in [0.25, 0.3) is 11.4 Å². The molecule has 3 aromatic rings. The van der Waals surface area contributed by atoms with Crippen molar-refractivity contribution in [3.63, 3.8) is 0 Å². The fourth-order valence-electron chi connectivity index (χ4n) is 3.55. The van der Waals surface area contributed by atoms with Gasteiger partial charge in [0.05, 0.1) is 17.5 Å². The number of benzene rings is 2. The first-order valence-electron chi connectivity index (χ1n) is 10.7. The van der Waals surface area contributed by atoms with E-state index in [0.717, 1.165) is 5.56 Å².